The molecule has 0 aromatic rings. The molecule has 0 aliphatic carbocycles. The predicted octanol–water partition coefficient (Wildman–Crippen LogP) is 3.21. The summed E-state index contributed by atoms with van der Waals surface area (Å²) in [6.45, 7) is 0.886. The van der Waals surface area contributed by atoms with Crippen LogP contribution in [0.25, 0.3) is 0 Å². The highest BCUT2D eigenvalue weighted by atomic mass is 127. The van der Waals surface area contributed by atoms with E-state index in [4.69, 9.17) is 19.8 Å². The van der Waals surface area contributed by atoms with Crippen molar-refractivity contribution in [3.05, 3.63) is 0 Å². The monoisotopic (exact) mass is 395 g/mol. The molecule has 5 heteroatoms. The lowest BCUT2D eigenvalue weighted by Gasteiger charge is -2.31. The molecule has 0 radical (unpaired) electrons. The third-order valence-corrected chi connectivity index (χ3v) is 4.40. The van der Waals surface area contributed by atoms with E-state index in [9.17, 15) is 0 Å². The Labute approximate surface area is 136 Å². The van der Waals surface area contributed by atoms with Gasteiger partial charge in [-0.15, -0.1) is 0 Å². The van der Waals surface area contributed by atoms with Gasteiger partial charge in [0.1, 0.15) is 0 Å². The second-order valence-electron chi connectivity index (χ2n) is 5.31. The van der Waals surface area contributed by atoms with Crippen molar-refractivity contribution < 1.29 is 14.6 Å². The average molecular weight is 395 g/mol. The van der Waals surface area contributed by atoms with Crippen molar-refractivity contribution in [1.29, 1.82) is 5.26 Å². The van der Waals surface area contributed by atoms with E-state index in [1.807, 2.05) is 0 Å². The fourth-order valence-electron chi connectivity index (χ4n) is 2.52. The number of aliphatic hydroxyl groups excluding tert-OH is 1. The molecule has 0 saturated carbocycles. The zero-order valence-electron chi connectivity index (χ0n) is 12.1. The third kappa shape index (κ3) is 7.77. The molecular weight excluding hydrogens is 369 g/mol. The van der Waals surface area contributed by atoms with Crippen LogP contribution in [-0.4, -0.2) is 41.1 Å². The molecule has 2 unspecified atom stereocenters. The number of aliphatic hydroxyl groups is 1. The molecule has 3 atom stereocenters. The minimum Gasteiger partial charge on any atom is -0.396 e. The minimum atomic E-state index is 0.186. The summed E-state index contributed by atoms with van der Waals surface area (Å²) < 4.78 is 13.1. The summed E-state index contributed by atoms with van der Waals surface area (Å²) in [4.78, 5) is 0. The first-order chi connectivity index (χ1) is 9.80. The summed E-state index contributed by atoms with van der Waals surface area (Å²) in [6, 6.07) is 2.17. The van der Waals surface area contributed by atoms with Crippen molar-refractivity contribution >= 4 is 22.6 Å². The molecule has 4 nitrogen and oxygen atoms in total. The Balaban J connectivity index is 2.25. The van der Waals surface area contributed by atoms with Crippen LogP contribution < -0.4 is 0 Å². The van der Waals surface area contributed by atoms with Gasteiger partial charge in [0.15, 0.2) is 0 Å². The fraction of sp³-hybridized carbons (Fsp3) is 0.933. The largest absolute Gasteiger partial charge is 0.396 e. The van der Waals surface area contributed by atoms with Crippen molar-refractivity contribution in [3.63, 3.8) is 0 Å². The van der Waals surface area contributed by atoms with Gasteiger partial charge in [0.2, 0.25) is 0 Å². The van der Waals surface area contributed by atoms with Gasteiger partial charge >= 0.3 is 0 Å². The van der Waals surface area contributed by atoms with Crippen LogP contribution in [-0.2, 0) is 9.47 Å². The highest BCUT2D eigenvalue weighted by Gasteiger charge is 2.24. The molecule has 1 aliphatic heterocycles. The van der Waals surface area contributed by atoms with Crippen molar-refractivity contribution in [1.82, 2.24) is 0 Å². The summed E-state index contributed by atoms with van der Waals surface area (Å²) in [5, 5.41) is 17.5. The first-order valence-corrected chi connectivity index (χ1v) is 9.13. The van der Waals surface area contributed by atoms with Gasteiger partial charge in [-0.25, -0.2) is 0 Å². The van der Waals surface area contributed by atoms with E-state index >= 15 is 0 Å². The molecule has 0 amide bonds. The normalized spacial score (nSPS) is 24.2. The molecule has 0 spiro atoms. The number of nitrogens with zero attached hydrogens (tertiary/aromatic N) is 1. The molecular formula is C15H26INO3. The van der Waals surface area contributed by atoms with Crippen molar-refractivity contribution in [3.8, 4) is 6.07 Å². The van der Waals surface area contributed by atoms with Gasteiger partial charge < -0.3 is 14.6 Å². The standard InChI is InChI=1S/C15H26INO3/c16-9-1-4-14(6-3-11-18)20-15-8-7-13(19-12-15)5-2-10-17/h13-15,18H,1-9,11-12H2/t13?,14?,15-/m0/s1. The maximum absolute atomic E-state index is 8.96. The number of alkyl halides is 1. The summed E-state index contributed by atoms with van der Waals surface area (Å²) >= 11 is 2.39. The lowest BCUT2D eigenvalue weighted by molar-refractivity contribution is -0.115. The molecule has 0 aromatic carbocycles. The molecule has 1 rings (SSSR count). The van der Waals surface area contributed by atoms with Crippen LogP contribution in [0.15, 0.2) is 0 Å². The molecule has 1 N–H and O–H groups in total. The first kappa shape index (κ1) is 18.1. The number of hydrogen-bond acceptors (Lipinski definition) is 4. The maximum Gasteiger partial charge on any atom is 0.0813 e. The Morgan fingerprint density at radius 1 is 1.35 bits per heavy atom. The molecule has 20 heavy (non-hydrogen) atoms. The van der Waals surface area contributed by atoms with Gasteiger partial charge in [-0.05, 0) is 49.4 Å². The number of rotatable bonds is 10. The zero-order chi connectivity index (χ0) is 14.6. The molecule has 1 saturated heterocycles. The van der Waals surface area contributed by atoms with Gasteiger partial charge in [-0.2, -0.15) is 5.26 Å². The molecule has 0 bridgehead atoms. The van der Waals surface area contributed by atoms with Crippen LogP contribution in [0.1, 0.15) is 51.4 Å². The maximum atomic E-state index is 8.96. The Hall–Kier alpha value is 0.1000. The number of hydrogen-bond donors (Lipinski definition) is 1. The SMILES string of the molecule is N#CCCC1CC[C@H](OC(CCCO)CCCI)CO1. The second kappa shape index (κ2) is 11.7. The van der Waals surface area contributed by atoms with Gasteiger partial charge in [0, 0.05) is 13.0 Å². The van der Waals surface area contributed by atoms with Gasteiger partial charge in [0.25, 0.3) is 0 Å². The molecule has 116 valence electrons. The zero-order valence-corrected chi connectivity index (χ0v) is 14.3. The van der Waals surface area contributed by atoms with E-state index in [0.29, 0.717) is 13.0 Å². The van der Waals surface area contributed by atoms with Crippen LogP contribution in [0.5, 0.6) is 0 Å². The van der Waals surface area contributed by atoms with Crippen molar-refractivity contribution in [2.75, 3.05) is 17.6 Å². The van der Waals surface area contributed by atoms with Crippen molar-refractivity contribution in [2.24, 2.45) is 0 Å². The van der Waals surface area contributed by atoms with Crippen LogP contribution in [0.2, 0.25) is 0 Å². The summed E-state index contributed by atoms with van der Waals surface area (Å²) in [5.74, 6) is 0. The van der Waals surface area contributed by atoms with Crippen molar-refractivity contribution in [2.45, 2.75) is 69.7 Å². The number of halogens is 1. The van der Waals surface area contributed by atoms with E-state index < -0.39 is 0 Å². The Kier molecular flexibility index (Phi) is 10.6. The van der Waals surface area contributed by atoms with Crippen LogP contribution in [0.3, 0.4) is 0 Å². The van der Waals surface area contributed by atoms with E-state index in [2.05, 4.69) is 28.7 Å². The van der Waals surface area contributed by atoms with E-state index in [1.165, 1.54) is 0 Å². The fourth-order valence-corrected chi connectivity index (χ4v) is 2.96. The summed E-state index contributed by atoms with van der Waals surface area (Å²) in [7, 11) is 0. The van der Waals surface area contributed by atoms with Gasteiger partial charge in [0.05, 0.1) is 31.0 Å². The van der Waals surface area contributed by atoms with Gasteiger partial charge in [-0.3, -0.25) is 0 Å². The number of ether oxygens (including phenoxy) is 2. The van der Waals surface area contributed by atoms with Gasteiger partial charge in [-0.1, -0.05) is 22.6 Å². The second-order valence-corrected chi connectivity index (χ2v) is 6.39. The Bertz CT molecular complexity index is 267. The van der Waals surface area contributed by atoms with E-state index in [1.54, 1.807) is 0 Å². The molecule has 1 heterocycles. The smallest absolute Gasteiger partial charge is 0.0813 e. The average Bonchev–Trinajstić information content (AvgIpc) is 2.49. The van der Waals surface area contributed by atoms with E-state index in [0.717, 1.165) is 49.4 Å². The van der Waals surface area contributed by atoms with Crippen LogP contribution in [0, 0.1) is 11.3 Å². The third-order valence-electron chi connectivity index (χ3n) is 3.64. The minimum absolute atomic E-state index is 0.186. The summed E-state index contributed by atoms with van der Waals surface area (Å²) in [5.41, 5.74) is 0. The number of nitriles is 1. The quantitative estimate of drug-likeness (QED) is 0.456. The highest BCUT2D eigenvalue weighted by molar-refractivity contribution is 14.1. The van der Waals surface area contributed by atoms with Crippen LogP contribution in [0.4, 0.5) is 0 Å². The topological polar surface area (TPSA) is 62.5 Å². The Morgan fingerprint density at radius 2 is 2.15 bits per heavy atom. The lowest BCUT2D eigenvalue weighted by Crippen LogP contribution is -2.34. The lowest BCUT2D eigenvalue weighted by atomic mass is 10.0. The van der Waals surface area contributed by atoms with Crippen LogP contribution >= 0.6 is 22.6 Å². The Morgan fingerprint density at radius 3 is 2.75 bits per heavy atom. The summed E-state index contributed by atoms with van der Waals surface area (Å²) in [6.07, 6.45) is 8.07. The molecule has 0 aromatic heterocycles. The molecule has 1 fully saturated rings. The van der Waals surface area contributed by atoms with E-state index in [-0.39, 0.29) is 24.9 Å². The molecule has 1 aliphatic rings. The first-order valence-electron chi connectivity index (χ1n) is 7.61. The predicted molar refractivity (Wildman–Crippen MR) is 86.9 cm³/mol. The highest BCUT2D eigenvalue weighted by Crippen LogP contribution is 2.22.